The van der Waals surface area contributed by atoms with Crippen molar-refractivity contribution < 1.29 is 5.11 Å². The van der Waals surface area contributed by atoms with Crippen molar-refractivity contribution in [3.05, 3.63) is 29.3 Å². The van der Waals surface area contributed by atoms with Crippen LogP contribution in [0.3, 0.4) is 0 Å². The molecule has 0 bridgehead atoms. The zero-order valence-corrected chi connectivity index (χ0v) is 16.7. The Labute approximate surface area is 155 Å². The SMILES string of the molecule is CCCCCCC[C@H]1[C@@H]2CCc3cc(O)ccc3[C@H]2CC[C@]1(C)CC. The van der Waals surface area contributed by atoms with Gasteiger partial charge in [-0.05, 0) is 78.5 Å². The smallest absolute Gasteiger partial charge is 0.115 e. The van der Waals surface area contributed by atoms with Gasteiger partial charge in [0.25, 0.3) is 0 Å². The molecule has 2 aliphatic rings. The van der Waals surface area contributed by atoms with Crippen LogP contribution in [0.4, 0.5) is 0 Å². The summed E-state index contributed by atoms with van der Waals surface area (Å²) in [5, 5.41) is 9.84. The second kappa shape index (κ2) is 8.14. The van der Waals surface area contributed by atoms with Crippen molar-refractivity contribution in [1.82, 2.24) is 0 Å². The number of unbranched alkanes of at least 4 members (excludes halogenated alkanes) is 4. The Morgan fingerprint density at radius 2 is 1.88 bits per heavy atom. The van der Waals surface area contributed by atoms with E-state index in [1.807, 2.05) is 12.1 Å². The van der Waals surface area contributed by atoms with Crippen molar-refractivity contribution in [3.8, 4) is 5.75 Å². The number of aromatic hydroxyl groups is 1. The van der Waals surface area contributed by atoms with E-state index in [0.717, 1.165) is 24.2 Å². The van der Waals surface area contributed by atoms with E-state index in [1.54, 1.807) is 5.56 Å². The summed E-state index contributed by atoms with van der Waals surface area (Å²) in [4.78, 5) is 0. The van der Waals surface area contributed by atoms with Crippen LogP contribution in [0.25, 0.3) is 0 Å². The summed E-state index contributed by atoms with van der Waals surface area (Å²) >= 11 is 0. The maximum atomic E-state index is 9.84. The maximum Gasteiger partial charge on any atom is 0.115 e. The fourth-order valence-electron chi connectivity index (χ4n) is 5.93. The molecule has 1 saturated carbocycles. The van der Waals surface area contributed by atoms with Crippen LogP contribution >= 0.6 is 0 Å². The Morgan fingerprint density at radius 3 is 2.64 bits per heavy atom. The number of hydrogen-bond acceptors (Lipinski definition) is 1. The molecule has 25 heavy (non-hydrogen) atoms. The molecule has 0 saturated heterocycles. The number of hydrogen-bond donors (Lipinski definition) is 1. The van der Waals surface area contributed by atoms with Crippen LogP contribution in [0, 0.1) is 17.3 Å². The lowest BCUT2D eigenvalue weighted by Crippen LogP contribution is -2.42. The Bertz CT molecular complexity index is 563. The Balaban J connectivity index is 1.75. The first-order chi connectivity index (χ1) is 12.1. The average Bonchev–Trinajstić information content (AvgIpc) is 2.62. The molecule has 1 fully saturated rings. The van der Waals surface area contributed by atoms with Crippen LogP contribution in [0.1, 0.15) is 102 Å². The van der Waals surface area contributed by atoms with Gasteiger partial charge in [-0.1, -0.05) is 65.4 Å². The summed E-state index contributed by atoms with van der Waals surface area (Å²) in [5.41, 5.74) is 3.52. The molecule has 0 aliphatic heterocycles. The van der Waals surface area contributed by atoms with E-state index in [1.165, 1.54) is 69.8 Å². The van der Waals surface area contributed by atoms with Crippen molar-refractivity contribution in [1.29, 1.82) is 0 Å². The van der Waals surface area contributed by atoms with Gasteiger partial charge in [-0.15, -0.1) is 0 Å². The molecule has 3 rings (SSSR count). The molecule has 0 aromatic heterocycles. The zero-order chi connectivity index (χ0) is 17.9. The van der Waals surface area contributed by atoms with E-state index < -0.39 is 0 Å². The molecule has 0 amide bonds. The summed E-state index contributed by atoms with van der Waals surface area (Å²) in [6.07, 6.45) is 15.0. The standard InChI is InChI=1S/C24H38O/c1-4-6-7-8-9-10-23-22-13-11-18-17-19(25)12-14-20(18)21(22)15-16-24(23,3)5-2/h12,14,17,21-23,25H,4-11,13,15-16H2,1-3H3/t21-,22-,23+,24+/m1/s1. The second-order valence-electron chi connectivity index (χ2n) is 9.05. The van der Waals surface area contributed by atoms with Gasteiger partial charge in [0, 0.05) is 0 Å². The van der Waals surface area contributed by atoms with Crippen molar-refractivity contribution in [2.24, 2.45) is 17.3 Å². The van der Waals surface area contributed by atoms with E-state index in [9.17, 15) is 5.11 Å². The van der Waals surface area contributed by atoms with E-state index in [2.05, 4.69) is 26.8 Å². The predicted octanol–water partition coefficient (Wildman–Crippen LogP) is 7.23. The van der Waals surface area contributed by atoms with Crippen LogP contribution in [-0.4, -0.2) is 5.11 Å². The van der Waals surface area contributed by atoms with Gasteiger partial charge in [0.1, 0.15) is 5.75 Å². The number of phenols is 1. The zero-order valence-electron chi connectivity index (χ0n) is 16.7. The monoisotopic (exact) mass is 342 g/mol. The van der Waals surface area contributed by atoms with E-state index in [4.69, 9.17) is 0 Å². The van der Waals surface area contributed by atoms with Gasteiger partial charge in [-0.2, -0.15) is 0 Å². The van der Waals surface area contributed by atoms with Crippen LogP contribution in [0.5, 0.6) is 5.75 Å². The van der Waals surface area contributed by atoms with Gasteiger partial charge in [0.2, 0.25) is 0 Å². The minimum Gasteiger partial charge on any atom is -0.508 e. The third-order valence-corrected chi connectivity index (χ3v) is 7.65. The molecule has 1 N–H and O–H groups in total. The summed E-state index contributed by atoms with van der Waals surface area (Å²) in [6, 6.07) is 6.17. The molecule has 140 valence electrons. The fraction of sp³-hybridized carbons (Fsp3) is 0.750. The van der Waals surface area contributed by atoms with Crippen molar-refractivity contribution in [3.63, 3.8) is 0 Å². The molecule has 1 aromatic carbocycles. The quantitative estimate of drug-likeness (QED) is 0.518. The number of aryl methyl sites for hydroxylation is 1. The first kappa shape index (κ1) is 18.8. The lowest BCUT2D eigenvalue weighted by Gasteiger charge is -2.52. The van der Waals surface area contributed by atoms with Gasteiger partial charge >= 0.3 is 0 Å². The molecule has 0 heterocycles. The first-order valence-corrected chi connectivity index (χ1v) is 10.9. The van der Waals surface area contributed by atoms with Crippen molar-refractivity contribution >= 4 is 0 Å². The van der Waals surface area contributed by atoms with Crippen LogP contribution in [0.15, 0.2) is 18.2 Å². The lowest BCUT2D eigenvalue weighted by molar-refractivity contribution is 0.0206. The van der Waals surface area contributed by atoms with Gasteiger partial charge < -0.3 is 5.11 Å². The number of benzene rings is 1. The van der Waals surface area contributed by atoms with Gasteiger partial charge in [-0.3, -0.25) is 0 Å². The molecular formula is C24H38O. The summed E-state index contributed by atoms with van der Waals surface area (Å²) in [5.74, 6) is 2.94. The van der Waals surface area contributed by atoms with E-state index in [-0.39, 0.29) is 0 Å². The van der Waals surface area contributed by atoms with Crippen molar-refractivity contribution in [2.75, 3.05) is 0 Å². The Hall–Kier alpha value is -0.980. The molecule has 0 spiro atoms. The van der Waals surface area contributed by atoms with E-state index >= 15 is 0 Å². The van der Waals surface area contributed by atoms with Crippen molar-refractivity contribution in [2.45, 2.75) is 97.3 Å². The first-order valence-electron chi connectivity index (χ1n) is 10.9. The summed E-state index contributed by atoms with van der Waals surface area (Å²) in [6.45, 7) is 7.29. The van der Waals surface area contributed by atoms with Crippen LogP contribution in [-0.2, 0) is 6.42 Å². The highest BCUT2D eigenvalue weighted by atomic mass is 16.3. The highest BCUT2D eigenvalue weighted by Gasteiger charge is 2.46. The molecule has 0 unspecified atom stereocenters. The van der Waals surface area contributed by atoms with Crippen LogP contribution < -0.4 is 0 Å². The van der Waals surface area contributed by atoms with Gasteiger partial charge in [0.15, 0.2) is 0 Å². The molecule has 4 atom stereocenters. The minimum atomic E-state index is 0.443. The molecule has 1 heteroatoms. The third-order valence-electron chi connectivity index (χ3n) is 7.65. The number of fused-ring (bicyclic) bond motifs is 3. The van der Waals surface area contributed by atoms with Gasteiger partial charge in [-0.25, -0.2) is 0 Å². The minimum absolute atomic E-state index is 0.443. The highest BCUT2D eigenvalue weighted by molar-refractivity contribution is 5.39. The Morgan fingerprint density at radius 1 is 1.08 bits per heavy atom. The fourth-order valence-corrected chi connectivity index (χ4v) is 5.93. The largest absolute Gasteiger partial charge is 0.508 e. The molecule has 1 nitrogen and oxygen atoms in total. The molecule has 0 radical (unpaired) electrons. The molecule has 1 aromatic rings. The second-order valence-corrected chi connectivity index (χ2v) is 9.05. The van der Waals surface area contributed by atoms with Gasteiger partial charge in [0.05, 0.1) is 0 Å². The average molecular weight is 343 g/mol. The molecule has 2 aliphatic carbocycles. The summed E-state index contributed by atoms with van der Waals surface area (Å²) < 4.78 is 0. The Kier molecular flexibility index (Phi) is 6.12. The topological polar surface area (TPSA) is 20.2 Å². The number of phenolic OH excluding ortho intramolecular Hbond substituents is 1. The van der Waals surface area contributed by atoms with E-state index in [0.29, 0.717) is 11.2 Å². The normalized spacial score (nSPS) is 31.4. The highest BCUT2D eigenvalue weighted by Crippen LogP contribution is 2.57. The van der Waals surface area contributed by atoms with Crippen LogP contribution in [0.2, 0.25) is 0 Å². The lowest BCUT2D eigenvalue weighted by atomic mass is 9.53. The predicted molar refractivity (Wildman–Crippen MR) is 107 cm³/mol. The number of rotatable bonds is 7. The molecular weight excluding hydrogens is 304 g/mol. The third kappa shape index (κ3) is 3.91. The summed E-state index contributed by atoms with van der Waals surface area (Å²) in [7, 11) is 0. The maximum absolute atomic E-state index is 9.84.